The van der Waals surface area contributed by atoms with E-state index in [9.17, 15) is 9.90 Å². The zero-order chi connectivity index (χ0) is 23.4. The van der Waals surface area contributed by atoms with Crippen LogP contribution in [0.15, 0.2) is 65.8 Å². The molecule has 1 aliphatic rings. The summed E-state index contributed by atoms with van der Waals surface area (Å²) in [5.74, 6) is 0.141. The lowest BCUT2D eigenvalue weighted by Gasteiger charge is -2.26. The first-order chi connectivity index (χ1) is 16.1. The van der Waals surface area contributed by atoms with Gasteiger partial charge in [0.15, 0.2) is 0 Å². The summed E-state index contributed by atoms with van der Waals surface area (Å²) in [5.41, 5.74) is 4.05. The number of aromatic hydroxyl groups is 1. The Morgan fingerprint density at radius 2 is 2.03 bits per heavy atom. The van der Waals surface area contributed by atoms with Gasteiger partial charge >= 0.3 is 5.97 Å². The van der Waals surface area contributed by atoms with Crippen molar-refractivity contribution in [1.29, 1.82) is 0 Å². The van der Waals surface area contributed by atoms with Gasteiger partial charge in [0.1, 0.15) is 11.7 Å². The van der Waals surface area contributed by atoms with Crippen LogP contribution in [-0.2, 0) is 16.1 Å². The zero-order valence-corrected chi connectivity index (χ0v) is 19.9. The van der Waals surface area contributed by atoms with Crippen molar-refractivity contribution >= 4 is 23.4 Å². The number of benzene rings is 2. The molecule has 0 aliphatic carbocycles. The van der Waals surface area contributed by atoms with Crippen molar-refractivity contribution in [2.75, 3.05) is 31.4 Å². The van der Waals surface area contributed by atoms with Gasteiger partial charge in [-0.1, -0.05) is 24.3 Å². The number of anilines is 1. The van der Waals surface area contributed by atoms with E-state index in [1.54, 1.807) is 24.2 Å². The molecule has 2 N–H and O–H groups in total. The Morgan fingerprint density at radius 1 is 1.24 bits per heavy atom. The van der Waals surface area contributed by atoms with E-state index in [0.717, 1.165) is 27.3 Å². The molecule has 2 heterocycles. The molecule has 2 unspecified atom stereocenters. The number of ether oxygens (including phenoxy) is 1. The zero-order valence-electron chi connectivity index (χ0n) is 19.1. The van der Waals surface area contributed by atoms with E-state index in [1.807, 2.05) is 57.4 Å². The molecule has 172 valence electrons. The molecule has 2 aromatic carbocycles. The van der Waals surface area contributed by atoms with Gasteiger partial charge in [-0.15, -0.1) is 11.8 Å². The number of thioether (sulfide) groups is 1. The van der Waals surface area contributed by atoms with Gasteiger partial charge in [-0.05, 0) is 43.8 Å². The molecule has 2 atom stereocenters. The highest BCUT2D eigenvalue weighted by Gasteiger charge is 2.44. The molecule has 3 aromatic rings. The van der Waals surface area contributed by atoms with Crippen LogP contribution < -0.4 is 10.2 Å². The summed E-state index contributed by atoms with van der Waals surface area (Å²) in [6, 6.07) is 15.8. The summed E-state index contributed by atoms with van der Waals surface area (Å²) in [6.45, 7) is 2.57. The fraction of sp³-hybridized carbons (Fsp3) is 0.308. The number of nitrogens with zero attached hydrogens (tertiary/aromatic N) is 2. The number of hydrogen-bond acceptors (Lipinski definition) is 7. The van der Waals surface area contributed by atoms with Crippen molar-refractivity contribution in [2.45, 2.75) is 30.3 Å². The Bertz CT molecular complexity index is 1110. The van der Waals surface area contributed by atoms with E-state index in [0.29, 0.717) is 24.5 Å². The van der Waals surface area contributed by atoms with Gasteiger partial charge in [0.2, 0.25) is 0 Å². The van der Waals surface area contributed by atoms with Gasteiger partial charge in [-0.25, -0.2) is 0 Å². The molecule has 7 heteroatoms. The topological polar surface area (TPSA) is 74.7 Å². The van der Waals surface area contributed by atoms with Crippen molar-refractivity contribution in [1.82, 2.24) is 10.3 Å². The monoisotopic (exact) mass is 463 g/mol. The summed E-state index contributed by atoms with van der Waals surface area (Å²) in [6.07, 6.45) is 3.45. The fourth-order valence-corrected chi connectivity index (χ4v) is 5.60. The van der Waals surface area contributed by atoms with E-state index >= 15 is 0 Å². The van der Waals surface area contributed by atoms with E-state index in [1.165, 1.54) is 0 Å². The van der Waals surface area contributed by atoms with Crippen LogP contribution >= 0.6 is 11.8 Å². The Morgan fingerprint density at radius 3 is 2.70 bits per heavy atom. The lowest BCUT2D eigenvalue weighted by molar-refractivity contribution is -0.145. The van der Waals surface area contributed by atoms with Gasteiger partial charge < -0.3 is 20.1 Å². The van der Waals surface area contributed by atoms with E-state index in [-0.39, 0.29) is 17.8 Å². The Hall–Kier alpha value is -3.03. The average molecular weight is 464 g/mol. The van der Waals surface area contributed by atoms with Crippen LogP contribution in [0.25, 0.3) is 11.1 Å². The third-order valence-corrected chi connectivity index (χ3v) is 7.14. The van der Waals surface area contributed by atoms with Gasteiger partial charge in [0, 0.05) is 59.0 Å². The Kier molecular flexibility index (Phi) is 7.20. The molecule has 33 heavy (non-hydrogen) atoms. The molecule has 0 spiro atoms. The SMILES string of the molecule is CCOC(=O)C1c2c(cc(-c3cccnc3)c(O)c2CNC)N(C)C1CSc1ccccc1. The molecular formula is C26H29N3O3S. The first kappa shape index (κ1) is 23.1. The highest BCUT2D eigenvalue weighted by Crippen LogP contribution is 2.50. The Balaban J connectivity index is 1.81. The predicted octanol–water partition coefficient (Wildman–Crippen LogP) is 4.43. The highest BCUT2D eigenvalue weighted by atomic mass is 32.2. The molecule has 4 rings (SSSR count). The minimum atomic E-state index is -0.488. The predicted molar refractivity (Wildman–Crippen MR) is 133 cm³/mol. The quantitative estimate of drug-likeness (QED) is 0.378. The normalized spacial score (nSPS) is 17.1. The largest absolute Gasteiger partial charge is 0.507 e. The van der Waals surface area contributed by atoms with Crippen LogP contribution in [0.5, 0.6) is 5.75 Å². The number of phenolic OH excluding ortho intramolecular Hbond substituents is 1. The first-order valence-electron chi connectivity index (χ1n) is 11.1. The summed E-state index contributed by atoms with van der Waals surface area (Å²) >= 11 is 1.72. The number of phenols is 1. The standard InChI is InChI=1S/C26H29N3O3S/c1-4-32-26(31)24-22(16-33-18-10-6-5-7-11-18)29(3)21-13-19(17-9-8-12-28-14-17)25(30)20(15-27-2)23(21)24/h5-14,22,24,27,30H,4,15-16H2,1-3H3. The lowest BCUT2D eigenvalue weighted by Crippen LogP contribution is -2.37. The maximum atomic E-state index is 13.2. The van der Waals surface area contributed by atoms with Gasteiger partial charge in [0.05, 0.1) is 12.6 Å². The number of hydrogen-bond donors (Lipinski definition) is 2. The lowest BCUT2D eigenvalue weighted by atomic mass is 9.88. The molecule has 1 aliphatic heterocycles. The minimum Gasteiger partial charge on any atom is -0.507 e. The second-order valence-electron chi connectivity index (χ2n) is 7.99. The number of carbonyl (C=O) groups excluding carboxylic acids is 1. The van der Waals surface area contributed by atoms with E-state index in [4.69, 9.17) is 4.74 Å². The average Bonchev–Trinajstić information content (AvgIpc) is 3.12. The van der Waals surface area contributed by atoms with Crippen LogP contribution in [-0.4, -0.2) is 48.6 Å². The van der Waals surface area contributed by atoms with Gasteiger partial charge in [0.25, 0.3) is 0 Å². The number of esters is 1. The summed E-state index contributed by atoms with van der Waals surface area (Å²) in [7, 11) is 3.85. The van der Waals surface area contributed by atoms with Crippen molar-refractivity contribution in [3.8, 4) is 16.9 Å². The van der Waals surface area contributed by atoms with Crippen molar-refractivity contribution in [3.05, 3.63) is 72.1 Å². The Labute approximate surface area is 199 Å². The van der Waals surface area contributed by atoms with E-state index in [2.05, 4.69) is 27.3 Å². The van der Waals surface area contributed by atoms with Crippen LogP contribution in [0, 0.1) is 0 Å². The second-order valence-corrected chi connectivity index (χ2v) is 9.08. The molecular weight excluding hydrogens is 434 g/mol. The third-order valence-electron chi connectivity index (χ3n) is 6.03. The summed E-state index contributed by atoms with van der Waals surface area (Å²) < 4.78 is 5.51. The van der Waals surface area contributed by atoms with Gasteiger partial charge in [-0.3, -0.25) is 9.78 Å². The minimum absolute atomic E-state index is 0.108. The van der Waals surface area contributed by atoms with Crippen LogP contribution in [0.4, 0.5) is 5.69 Å². The molecule has 0 radical (unpaired) electrons. The van der Waals surface area contributed by atoms with Crippen LogP contribution in [0.2, 0.25) is 0 Å². The maximum Gasteiger partial charge on any atom is 0.315 e. The number of likely N-dealkylation sites (N-methyl/N-ethyl adjacent to an activating group) is 1. The fourth-order valence-electron chi connectivity index (χ4n) is 4.47. The maximum absolute atomic E-state index is 13.2. The number of pyridine rings is 1. The van der Waals surface area contributed by atoms with Gasteiger partial charge in [-0.2, -0.15) is 0 Å². The number of rotatable bonds is 8. The molecule has 6 nitrogen and oxygen atoms in total. The number of aromatic nitrogens is 1. The highest BCUT2D eigenvalue weighted by molar-refractivity contribution is 7.99. The third kappa shape index (κ3) is 4.56. The first-order valence-corrected chi connectivity index (χ1v) is 12.1. The molecule has 0 saturated heterocycles. The van der Waals surface area contributed by atoms with Crippen LogP contribution in [0.3, 0.4) is 0 Å². The van der Waals surface area contributed by atoms with Crippen molar-refractivity contribution in [3.63, 3.8) is 0 Å². The molecule has 0 amide bonds. The second kappa shape index (κ2) is 10.3. The smallest absolute Gasteiger partial charge is 0.315 e. The van der Waals surface area contributed by atoms with Crippen LogP contribution in [0.1, 0.15) is 24.0 Å². The molecule has 1 aromatic heterocycles. The molecule has 0 saturated carbocycles. The number of nitrogens with one attached hydrogen (secondary N) is 1. The number of fused-ring (bicyclic) bond motifs is 1. The summed E-state index contributed by atoms with van der Waals surface area (Å²) in [5, 5.41) is 14.5. The number of carbonyl (C=O) groups is 1. The van der Waals surface area contributed by atoms with Crippen molar-refractivity contribution < 1.29 is 14.6 Å². The van der Waals surface area contributed by atoms with E-state index < -0.39 is 5.92 Å². The van der Waals surface area contributed by atoms with Crippen molar-refractivity contribution in [2.24, 2.45) is 0 Å². The molecule has 0 bridgehead atoms. The molecule has 0 fully saturated rings. The summed E-state index contributed by atoms with van der Waals surface area (Å²) in [4.78, 5) is 20.8.